The van der Waals surface area contributed by atoms with Crippen LogP contribution in [0.1, 0.15) is 42.4 Å². The average molecular weight is 394 g/mol. The number of aryl methyl sites for hydroxylation is 1. The number of amides is 1. The Hall–Kier alpha value is -1.99. The van der Waals surface area contributed by atoms with Gasteiger partial charge in [0, 0.05) is 38.5 Å². The number of likely N-dealkylation sites (tertiary alicyclic amines) is 1. The normalized spacial score (nSPS) is 17.3. The maximum absolute atomic E-state index is 12.9. The second-order valence-electron chi connectivity index (χ2n) is 7.08. The average Bonchev–Trinajstić information content (AvgIpc) is 3.11. The molecule has 2 aliphatic heterocycles. The number of aromatic nitrogens is 3. The zero-order valence-corrected chi connectivity index (χ0v) is 16.1. The summed E-state index contributed by atoms with van der Waals surface area (Å²) in [4.78, 5) is 14.4. The number of hydrogen-bond donors (Lipinski definition) is 1. The Kier molecular flexibility index (Phi) is 6.44. The van der Waals surface area contributed by atoms with Gasteiger partial charge < -0.3 is 14.8 Å². The number of benzene rings is 1. The first kappa shape index (κ1) is 19.8. The van der Waals surface area contributed by atoms with Gasteiger partial charge in [-0.3, -0.25) is 4.79 Å². The number of nitrogens with zero attached hydrogens (tertiary/aromatic N) is 4. The van der Waals surface area contributed by atoms with E-state index < -0.39 is 0 Å². The van der Waals surface area contributed by atoms with Crippen LogP contribution in [-0.4, -0.2) is 45.2 Å². The summed E-state index contributed by atoms with van der Waals surface area (Å²) in [7, 11) is 0. The highest BCUT2D eigenvalue weighted by Crippen LogP contribution is 2.28. The quantitative estimate of drug-likeness (QED) is 0.865. The lowest BCUT2D eigenvalue weighted by Gasteiger charge is -2.32. The molecule has 0 atom stereocenters. The van der Waals surface area contributed by atoms with E-state index in [0.29, 0.717) is 18.8 Å². The van der Waals surface area contributed by atoms with Gasteiger partial charge in [-0.2, -0.15) is 0 Å². The van der Waals surface area contributed by atoms with E-state index in [9.17, 15) is 9.18 Å². The number of carbonyl (C=O) groups excluding carboxylic acids is 1. The lowest BCUT2D eigenvalue weighted by Crippen LogP contribution is -2.39. The van der Waals surface area contributed by atoms with Crippen molar-refractivity contribution in [1.82, 2.24) is 25.0 Å². The molecule has 146 valence electrons. The summed E-state index contributed by atoms with van der Waals surface area (Å²) in [5.41, 5.74) is 0.998. The SMILES string of the molecule is Cl.O=C(CCc1ccc(F)cc1)N1CCC(c2nnc3n2CCNC3)CC1. The molecule has 1 fully saturated rings. The molecule has 2 aromatic rings. The third kappa shape index (κ3) is 4.47. The molecule has 0 unspecified atom stereocenters. The number of carbonyl (C=O) groups is 1. The molecular formula is C19H25ClFN5O. The highest BCUT2D eigenvalue weighted by molar-refractivity contribution is 5.85. The van der Waals surface area contributed by atoms with Crippen molar-refractivity contribution in [1.29, 1.82) is 0 Å². The number of rotatable bonds is 4. The summed E-state index contributed by atoms with van der Waals surface area (Å²) in [5, 5.41) is 12.0. The van der Waals surface area contributed by atoms with Gasteiger partial charge >= 0.3 is 0 Å². The predicted molar refractivity (Wildman–Crippen MR) is 102 cm³/mol. The Bertz CT molecular complexity index is 771. The fraction of sp³-hybridized carbons (Fsp3) is 0.526. The maximum atomic E-state index is 12.9. The largest absolute Gasteiger partial charge is 0.343 e. The molecule has 3 heterocycles. The van der Waals surface area contributed by atoms with Crippen LogP contribution in [-0.2, 0) is 24.3 Å². The van der Waals surface area contributed by atoms with Gasteiger partial charge in [-0.1, -0.05) is 12.1 Å². The lowest BCUT2D eigenvalue weighted by molar-refractivity contribution is -0.132. The van der Waals surface area contributed by atoms with E-state index in [1.165, 1.54) is 12.1 Å². The third-order valence-electron chi connectivity index (χ3n) is 5.40. The van der Waals surface area contributed by atoms with Crippen LogP contribution in [0.3, 0.4) is 0 Å². The molecule has 0 bridgehead atoms. The van der Waals surface area contributed by atoms with Crippen LogP contribution in [0.15, 0.2) is 24.3 Å². The Morgan fingerprint density at radius 3 is 2.63 bits per heavy atom. The fourth-order valence-corrected chi connectivity index (χ4v) is 3.86. The van der Waals surface area contributed by atoms with Crippen LogP contribution in [0.25, 0.3) is 0 Å². The van der Waals surface area contributed by atoms with Gasteiger partial charge in [0.15, 0.2) is 0 Å². The Balaban J connectivity index is 0.00000210. The van der Waals surface area contributed by atoms with Crippen LogP contribution in [0.2, 0.25) is 0 Å². The minimum absolute atomic E-state index is 0. The Morgan fingerprint density at radius 2 is 1.89 bits per heavy atom. The van der Waals surface area contributed by atoms with Gasteiger partial charge in [-0.05, 0) is 37.0 Å². The maximum Gasteiger partial charge on any atom is 0.222 e. The molecule has 8 heteroatoms. The highest BCUT2D eigenvalue weighted by Gasteiger charge is 2.28. The highest BCUT2D eigenvalue weighted by atomic mass is 35.5. The molecular weight excluding hydrogens is 369 g/mol. The molecule has 0 aliphatic carbocycles. The van der Waals surface area contributed by atoms with Crippen molar-refractivity contribution in [3.05, 3.63) is 47.3 Å². The van der Waals surface area contributed by atoms with Gasteiger partial charge in [-0.25, -0.2) is 4.39 Å². The number of nitrogens with one attached hydrogen (secondary N) is 1. The molecule has 6 nitrogen and oxygen atoms in total. The molecule has 0 spiro atoms. The molecule has 0 radical (unpaired) electrons. The van der Waals surface area contributed by atoms with E-state index in [-0.39, 0.29) is 24.1 Å². The zero-order valence-electron chi connectivity index (χ0n) is 15.2. The van der Waals surface area contributed by atoms with E-state index in [1.54, 1.807) is 12.1 Å². The molecule has 4 rings (SSSR count). The van der Waals surface area contributed by atoms with Crippen molar-refractivity contribution in [3.8, 4) is 0 Å². The first-order valence-electron chi connectivity index (χ1n) is 9.35. The van der Waals surface area contributed by atoms with E-state index in [4.69, 9.17) is 0 Å². The smallest absolute Gasteiger partial charge is 0.222 e. The Labute approximate surface area is 164 Å². The molecule has 1 saturated heterocycles. The minimum Gasteiger partial charge on any atom is -0.343 e. The van der Waals surface area contributed by atoms with Gasteiger partial charge in [0.1, 0.15) is 17.5 Å². The molecule has 1 N–H and O–H groups in total. The molecule has 1 aromatic carbocycles. The Morgan fingerprint density at radius 1 is 1.15 bits per heavy atom. The summed E-state index contributed by atoms with van der Waals surface area (Å²) in [6.07, 6.45) is 3.01. The van der Waals surface area contributed by atoms with Crippen molar-refractivity contribution in [2.45, 2.75) is 44.7 Å². The van der Waals surface area contributed by atoms with Crippen molar-refractivity contribution >= 4 is 18.3 Å². The fourth-order valence-electron chi connectivity index (χ4n) is 3.86. The van der Waals surface area contributed by atoms with Crippen molar-refractivity contribution < 1.29 is 9.18 Å². The first-order chi connectivity index (χ1) is 12.7. The lowest BCUT2D eigenvalue weighted by atomic mass is 9.95. The summed E-state index contributed by atoms with van der Waals surface area (Å²) >= 11 is 0. The topological polar surface area (TPSA) is 63.1 Å². The monoisotopic (exact) mass is 393 g/mol. The van der Waals surface area contributed by atoms with Crippen molar-refractivity contribution in [2.24, 2.45) is 0 Å². The van der Waals surface area contributed by atoms with Crippen LogP contribution >= 0.6 is 12.4 Å². The van der Waals surface area contributed by atoms with Crippen LogP contribution in [0, 0.1) is 5.82 Å². The predicted octanol–water partition coefficient (Wildman–Crippen LogP) is 2.28. The second-order valence-corrected chi connectivity index (χ2v) is 7.08. The summed E-state index contributed by atoms with van der Waals surface area (Å²) in [5.74, 6) is 2.42. The number of hydrogen-bond acceptors (Lipinski definition) is 4. The molecule has 2 aliphatic rings. The first-order valence-corrected chi connectivity index (χ1v) is 9.35. The standard InChI is InChI=1S/C19H24FN5O.ClH/c20-16-4-1-14(2-5-16)3-6-18(26)24-10-7-15(8-11-24)19-23-22-17-13-21-9-12-25(17)19;/h1-2,4-5,15,21H,3,6-13H2;1H. The van der Waals surface area contributed by atoms with E-state index in [2.05, 4.69) is 20.1 Å². The van der Waals surface area contributed by atoms with Crippen LogP contribution in [0.5, 0.6) is 0 Å². The van der Waals surface area contributed by atoms with Gasteiger partial charge in [0.05, 0.1) is 6.54 Å². The third-order valence-corrected chi connectivity index (χ3v) is 5.40. The zero-order chi connectivity index (χ0) is 17.9. The van der Waals surface area contributed by atoms with Crippen LogP contribution in [0.4, 0.5) is 4.39 Å². The summed E-state index contributed by atoms with van der Waals surface area (Å²) in [6, 6.07) is 6.39. The molecule has 1 amide bonds. The number of halogens is 2. The minimum atomic E-state index is -0.242. The molecule has 1 aromatic heterocycles. The van der Waals surface area contributed by atoms with Gasteiger partial charge in [-0.15, -0.1) is 22.6 Å². The van der Waals surface area contributed by atoms with E-state index in [1.807, 2.05) is 4.90 Å². The van der Waals surface area contributed by atoms with Crippen molar-refractivity contribution in [2.75, 3.05) is 19.6 Å². The van der Waals surface area contributed by atoms with E-state index in [0.717, 1.165) is 62.8 Å². The van der Waals surface area contributed by atoms with Crippen molar-refractivity contribution in [3.63, 3.8) is 0 Å². The molecule has 27 heavy (non-hydrogen) atoms. The van der Waals surface area contributed by atoms with E-state index >= 15 is 0 Å². The second kappa shape index (κ2) is 8.80. The summed E-state index contributed by atoms with van der Waals surface area (Å²) in [6.45, 7) is 4.21. The van der Waals surface area contributed by atoms with Crippen LogP contribution < -0.4 is 5.32 Å². The number of piperidine rings is 1. The number of fused-ring (bicyclic) bond motifs is 1. The van der Waals surface area contributed by atoms with Gasteiger partial charge in [0.25, 0.3) is 0 Å². The van der Waals surface area contributed by atoms with Gasteiger partial charge in [0.2, 0.25) is 5.91 Å². The summed E-state index contributed by atoms with van der Waals surface area (Å²) < 4.78 is 15.2. The molecule has 0 saturated carbocycles.